The molecule has 0 radical (unpaired) electrons. The minimum atomic E-state index is -0.388. The van der Waals surface area contributed by atoms with Crippen LogP contribution < -0.4 is 4.90 Å². The highest BCUT2D eigenvalue weighted by Crippen LogP contribution is 2.29. The van der Waals surface area contributed by atoms with Gasteiger partial charge in [0.1, 0.15) is 0 Å². The summed E-state index contributed by atoms with van der Waals surface area (Å²) in [6, 6.07) is 11.4. The van der Waals surface area contributed by atoms with Crippen molar-refractivity contribution in [3.05, 3.63) is 62.7 Å². The number of rotatable bonds is 6. The lowest BCUT2D eigenvalue weighted by atomic mass is 10.2. The van der Waals surface area contributed by atoms with E-state index in [0.29, 0.717) is 23.4 Å². The van der Waals surface area contributed by atoms with Crippen molar-refractivity contribution >= 4 is 27.4 Å². The van der Waals surface area contributed by atoms with E-state index < -0.39 is 0 Å². The second-order valence-corrected chi connectivity index (χ2v) is 5.58. The van der Waals surface area contributed by atoms with Gasteiger partial charge in [-0.05, 0) is 27.9 Å². The van der Waals surface area contributed by atoms with Crippen LogP contribution in [-0.4, -0.2) is 16.5 Å². The van der Waals surface area contributed by atoms with Crippen molar-refractivity contribution in [3.63, 3.8) is 0 Å². The third-order valence-corrected chi connectivity index (χ3v) is 3.45. The van der Waals surface area contributed by atoms with Crippen molar-refractivity contribution in [2.45, 2.75) is 19.9 Å². The van der Waals surface area contributed by atoms with E-state index >= 15 is 0 Å². The Kier molecular flexibility index (Phi) is 5.27. The van der Waals surface area contributed by atoms with Crippen LogP contribution in [0, 0.1) is 10.1 Å². The standard InChI is InChI=1S/C15H16BrN3O2/c1-2-8-18(11-12-6-4-3-5-7-12)15-14(19(20)21)9-13(16)10-17-15/h3-7,9-10H,2,8,11H2,1H3. The highest BCUT2D eigenvalue weighted by molar-refractivity contribution is 9.10. The van der Waals surface area contributed by atoms with E-state index in [1.807, 2.05) is 42.2 Å². The highest BCUT2D eigenvalue weighted by atomic mass is 79.9. The van der Waals surface area contributed by atoms with E-state index in [-0.39, 0.29) is 10.6 Å². The summed E-state index contributed by atoms with van der Waals surface area (Å²) in [5.41, 5.74) is 1.12. The van der Waals surface area contributed by atoms with Gasteiger partial charge in [0.05, 0.1) is 4.92 Å². The third kappa shape index (κ3) is 4.01. The first-order valence-corrected chi connectivity index (χ1v) is 7.50. The Hall–Kier alpha value is -1.95. The largest absolute Gasteiger partial charge is 0.347 e. The summed E-state index contributed by atoms with van der Waals surface area (Å²) in [6.07, 6.45) is 2.48. The van der Waals surface area contributed by atoms with E-state index in [4.69, 9.17) is 0 Å². The molecule has 0 atom stereocenters. The van der Waals surface area contributed by atoms with Crippen LogP contribution in [0.2, 0.25) is 0 Å². The molecular formula is C15H16BrN3O2. The molecule has 110 valence electrons. The molecule has 6 heteroatoms. The maximum absolute atomic E-state index is 11.3. The van der Waals surface area contributed by atoms with Crippen LogP contribution in [0.1, 0.15) is 18.9 Å². The van der Waals surface area contributed by atoms with E-state index in [1.54, 1.807) is 6.20 Å². The Morgan fingerprint density at radius 2 is 2.05 bits per heavy atom. The maximum Gasteiger partial charge on any atom is 0.312 e. The Balaban J connectivity index is 2.36. The van der Waals surface area contributed by atoms with Crippen LogP contribution in [-0.2, 0) is 6.54 Å². The Morgan fingerprint density at radius 3 is 2.67 bits per heavy atom. The molecular weight excluding hydrogens is 334 g/mol. The predicted molar refractivity (Wildman–Crippen MR) is 86.4 cm³/mol. The molecule has 0 saturated carbocycles. The number of benzene rings is 1. The first kappa shape index (κ1) is 15.4. The lowest BCUT2D eigenvalue weighted by molar-refractivity contribution is -0.384. The topological polar surface area (TPSA) is 59.3 Å². The van der Waals surface area contributed by atoms with Crippen molar-refractivity contribution in [2.75, 3.05) is 11.4 Å². The van der Waals surface area contributed by atoms with Gasteiger partial charge in [0.2, 0.25) is 5.82 Å². The number of nitro groups is 1. The van der Waals surface area contributed by atoms with E-state index in [1.165, 1.54) is 6.07 Å². The van der Waals surface area contributed by atoms with Crippen molar-refractivity contribution in [1.82, 2.24) is 4.98 Å². The first-order chi connectivity index (χ1) is 10.1. The summed E-state index contributed by atoms with van der Waals surface area (Å²) in [4.78, 5) is 17.1. The summed E-state index contributed by atoms with van der Waals surface area (Å²) >= 11 is 3.23. The number of hydrogen-bond donors (Lipinski definition) is 0. The van der Waals surface area contributed by atoms with Gasteiger partial charge in [0.15, 0.2) is 0 Å². The van der Waals surface area contributed by atoms with Gasteiger partial charge >= 0.3 is 5.69 Å². The number of nitrogens with zero attached hydrogens (tertiary/aromatic N) is 3. The fraction of sp³-hybridized carbons (Fsp3) is 0.267. The van der Waals surface area contributed by atoms with E-state index in [9.17, 15) is 10.1 Å². The van der Waals surface area contributed by atoms with Gasteiger partial charge in [-0.2, -0.15) is 0 Å². The highest BCUT2D eigenvalue weighted by Gasteiger charge is 2.21. The molecule has 5 nitrogen and oxygen atoms in total. The maximum atomic E-state index is 11.3. The normalized spacial score (nSPS) is 10.4. The lowest BCUT2D eigenvalue weighted by Crippen LogP contribution is -2.25. The van der Waals surface area contributed by atoms with E-state index in [0.717, 1.165) is 12.0 Å². The number of anilines is 1. The van der Waals surface area contributed by atoms with Crippen molar-refractivity contribution in [3.8, 4) is 0 Å². The summed E-state index contributed by atoms with van der Waals surface area (Å²) < 4.78 is 0.606. The van der Waals surface area contributed by atoms with Crippen LogP contribution >= 0.6 is 15.9 Å². The molecule has 0 N–H and O–H groups in total. The molecule has 1 heterocycles. The smallest absolute Gasteiger partial charge is 0.312 e. The molecule has 2 rings (SSSR count). The molecule has 0 fully saturated rings. The number of halogens is 1. The molecule has 0 saturated heterocycles. The lowest BCUT2D eigenvalue weighted by Gasteiger charge is -2.23. The molecule has 0 spiro atoms. The molecule has 1 aromatic carbocycles. The molecule has 1 aromatic heterocycles. The second-order valence-electron chi connectivity index (χ2n) is 4.66. The van der Waals surface area contributed by atoms with Gasteiger partial charge < -0.3 is 4.90 Å². The van der Waals surface area contributed by atoms with Crippen LogP contribution in [0.4, 0.5) is 11.5 Å². The number of aromatic nitrogens is 1. The average Bonchev–Trinajstić information content (AvgIpc) is 2.48. The summed E-state index contributed by atoms with van der Waals surface area (Å²) in [5, 5.41) is 11.3. The van der Waals surface area contributed by atoms with Crippen LogP contribution in [0.3, 0.4) is 0 Å². The molecule has 0 amide bonds. The molecule has 0 aliphatic carbocycles. The zero-order chi connectivity index (χ0) is 15.2. The Bertz CT molecular complexity index is 620. The van der Waals surface area contributed by atoms with Gasteiger partial charge in [-0.25, -0.2) is 4.98 Å². The minimum Gasteiger partial charge on any atom is -0.347 e. The molecule has 21 heavy (non-hydrogen) atoms. The van der Waals surface area contributed by atoms with Gasteiger partial charge in [0, 0.05) is 29.8 Å². The van der Waals surface area contributed by atoms with Gasteiger partial charge in [-0.3, -0.25) is 10.1 Å². The summed E-state index contributed by atoms with van der Waals surface area (Å²) in [7, 11) is 0. The summed E-state index contributed by atoms with van der Waals surface area (Å²) in [5.74, 6) is 0.411. The number of pyridine rings is 1. The van der Waals surface area contributed by atoms with Crippen LogP contribution in [0.25, 0.3) is 0 Å². The minimum absolute atomic E-state index is 0.0220. The zero-order valence-corrected chi connectivity index (χ0v) is 13.3. The van der Waals surface area contributed by atoms with E-state index in [2.05, 4.69) is 20.9 Å². The van der Waals surface area contributed by atoms with Crippen molar-refractivity contribution < 1.29 is 4.92 Å². The molecule has 0 aliphatic heterocycles. The summed E-state index contributed by atoms with van der Waals surface area (Å²) in [6.45, 7) is 3.36. The molecule has 2 aromatic rings. The van der Waals surface area contributed by atoms with Gasteiger partial charge in [0.25, 0.3) is 0 Å². The average molecular weight is 350 g/mol. The first-order valence-electron chi connectivity index (χ1n) is 6.70. The molecule has 0 unspecified atom stereocenters. The second kappa shape index (κ2) is 7.17. The molecule has 0 aliphatic rings. The van der Waals surface area contributed by atoms with Gasteiger partial charge in [-0.15, -0.1) is 0 Å². The SMILES string of the molecule is CCCN(Cc1ccccc1)c1ncc(Br)cc1[N+](=O)[O-]. The zero-order valence-electron chi connectivity index (χ0n) is 11.7. The Labute approximate surface area is 131 Å². The monoisotopic (exact) mass is 349 g/mol. The fourth-order valence-electron chi connectivity index (χ4n) is 2.13. The fourth-order valence-corrected chi connectivity index (χ4v) is 2.45. The number of hydrogen-bond acceptors (Lipinski definition) is 4. The van der Waals surface area contributed by atoms with Gasteiger partial charge in [-0.1, -0.05) is 37.3 Å². The van der Waals surface area contributed by atoms with Crippen LogP contribution in [0.5, 0.6) is 0 Å². The van der Waals surface area contributed by atoms with Crippen LogP contribution in [0.15, 0.2) is 47.1 Å². The quantitative estimate of drug-likeness (QED) is 0.580. The van der Waals surface area contributed by atoms with Crippen molar-refractivity contribution in [2.24, 2.45) is 0 Å². The van der Waals surface area contributed by atoms with Crippen molar-refractivity contribution in [1.29, 1.82) is 0 Å². The predicted octanol–water partition coefficient (Wildman–Crippen LogP) is 4.17. The Morgan fingerprint density at radius 1 is 1.33 bits per heavy atom. The molecule has 0 bridgehead atoms. The third-order valence-electron chi connectivity index (χ3n) is 3.02.